The van der Waals surface area contributed by atoms with Gasteiger partial charge in [-0.25, -0.2) is 9.78 Å². The zero-order chi connectivity index (χ0) is 9.84. The molecule has 0 atom stereocenters. The number of aromatic nitrogens is 1. The molecule has 0 fully saturated rings. The standard InChI is InChI=1S/C8H7Br2NO2/c1-13-8(12)7-6(10)3-2-5(4-9)11-7/h2-3H,4H2,1H3. The average Bonchev–Trinajstić information content (AvgIpc) is 2.17. The summed E-state index contributed by atoms with van der Waals surface area (Å²) in [5, 5.41) is 0.615. The number of methoxy groups -OCH3 is 1. The van der Waals surface area contributed by atoms with E-state index in [0.717, 1.165) is 5.69 Å². The Hall–Kier alpha value is -0.420. The van der Waals surface area contributed by atoms with Crippen molar-refractivity contribution < 1.29 is 9.53 Å². The smallest absolute Gasteiger partial charge is 0.357 e. The summed E-state index contributed by atoms with van der Waals surface area (Å²) in [5.74, 6) is -0.435. The second-order valence-corrected chi connectivity index (χ2v) is 3.67. The fraction of sp³-hybridized carbons (Fsp3) is 0.250. The van der Waals surface area contributed by atoms with E-state index in [-0.39, 0.29) is 0 Å². The maximum absolute atomic E-state index is 11.2. The van der Waals surface area contributed by atoms with Gasteiger partial charge in [0.2, 0.25) is 0 Å². The Morgan fingerprint density at radius 1 is 1.62 bits per heavy atom. The minimum absolute atomic E-state index is 0.305. The van der Waals surface area contributed by atoms with E-state index in [9.17, 15) is 4.79 Å². The molecule has 13 heavy (non-hydrogen) atoms. The zero-order valence-electron chi connectivity index (χ0n) is 6.88. The summed E-state index contributed by atoms with van der Waals surface area (Å²) in [7, 11) is 1.33. The molecular weight excluding hydrogens is 302 g/mol. The lowest BCUT2D eigenvalue weighted by molar-refractivity contribution is 0.0592. The fourth-order valence-electron chi connectivity index (χ4n) is 0.797. The molecule has 0 amide bonds. The molecular formula is C8H7Br2NO2. The fourth-order valence-corrected chi connectivity index (χ4v) is 1.49. The van der Waals surface area contributed by atoms with E-state index in [1.165, 1.54) is 7.11 Å². The molecule has 0 saturated heterocycles. The minimum atomic E-state index is -0.435. The Labute approximate surface area is 92.8 Å². The van der Waals surface area contributed by atoms with Crippen LogP contribution in [0.25, 0.3) is 0 Å². The molecule has 0 aliphatic carbocycles. The summed E-state index contributed by atoms with van der Waals surface area (Å²) in [6.07, 6.45) is 0. The van der Waals surface area contributed by atoms with Crippen molar-refractivity contribution in [2.45, 2.75) is 5.33 Å². The second kappa shape index (κ2) is 4.72. The van der Waals surface area contributed by atoms with Crippen LogP contribution in [0, 0.1) is 0 Å². The quantitative estimate of drug-likeness (QED) is 0.622. The van der Waals surface area contributed by atoms with Crippen molar-refractivity contribution in [3.05, 3.63) is 28.0 Å². The number of hydrogen-bond acceptors (Lipinski definition) is 3. The van der Waals surface area contributed by atoms with Gasteiger partial charge in [-0.1, -0.05) is 15.9 Å². The first-order valence-electron chi connectivity index (χ1n) is 3.48. The van der Waals surface area contributed by atoms with Gasteiger partial charge in [-0.3, -0.25) is 0 Å². The molecule has 0 unspecified atom stereocenters. The number of alkyl halides is 1. The number of nitrogens with zero attached hydrogens (tertiary/aromatic N) is 1. The normalized spacial score (nSPS) is 9.77. The monoisotopic (exact) mass is 307 g/mol. The van der Waals surface area contributed by atoms with Crippen molar-refractivity contribution in [2.24, 2.45) is 0 Å². The Kier molecular flexibility index (Phi) is 3.87. The first-order chi connectivity index (χ1) is 6.19. The van der Waals surface area contributed by atoms with Gasteiger partial charge < -0.3 is 4.74 Å². The minimum Gasteiger partial charge on any atom is -0.464 e. The summed E-state index contributed by atoms with van der Waals surface area (Å²) in [6.45, 7) is 0. The van der Waals surface area contributed by atoms with Crippen LogP contribution in [0.3, 0.4) is 0 Å². The van der Waals surface area contributed by atoms with Crippen LogP contribution in [-0.4, -0.2) is 18.1 Å². The summed E-state index contributed by atoms with van der Waals surface area (Å²) < 4.78 is 5.21. The molecule has 0 aliphatic rings. The zero-order valence-corrected chi connectivity index (χ0v) is 10.1. The Morgan fingerprint density at radius 3 is 2.85 bits per heavy atom. The summed E-state index contributed by atoms with van der Waals surface area (Å²) in [5.41, 5.74) is 1.10. The molecule has 1 heterocycles. The van der Waals surface area contributed by atoms with Crippen molar-refractivity contribution >= 4 is 37.8 Å². The molecule has 70 valence electrons. The Bertz CT molecular complexity index is 328. The van der Waals surface area contributed by atoms with E-state index in [1.807, 2.05) is 6.07 Å². The highest BCUT2D eigenvalue weighted by atomic mass is 79.9. The van der Waals surface area contributed by atoms with Crippen LogP contribution in [0.15, 0.2) is 16.6 Å². The Morgan fingerprint density at radius 2 is 2.31 bits per heavy atom. The van der Waals surface area contributed by atoms with Crippen molar-refractivity contribution in [1.29, 1.82) is 0 Å². The van der Waals surface area contributed by atoms with Gasteiger partial charge in [0, 0.05) is 5.33 Å². The molecule has 0 spiro atoms. The second-order valence-electron chi connectivity index (χ2n) is 2.26. The molecule has 5 heteroatoms. The van der Waals surface area contributed by atoms with Gasteiger partial charge in [0.15, 0.2) is 5.69 Å². The van der Waals surface area contributed by atoms with E-state index in [2.05, 4.69) is 41.6 Å². The molecule has 1 rings (SSSR count). The average molecular weight is 309 g/mol. The van der Waals surface area contributed by atoms with Crippen LogP contribution >= 0.6 is 31.9 Å². The third-order valence-corrected chi connectivity index (χ3v) is 2.63. The van der Waals surface area contributed by atoms with Crippen molar-refractivity contribution in [3.63, 3.8) is 0 Å². The molecule has 0 aliphatic heterocycles. The number of carbonyl (C=O) groups excluding carboxylic acids is 1. The van der Waals surface area contributed by atoms with Crippen LogP contribution in [0.5, 0.6) is 0 Å². The highest BCUT2D eigenvalue weighted by molar-refractivity contribution is 9.10. The van der Waals surface area contributed by atoms with Crippen LogP contribution in [0.4, 0.5) is 0 Å². The van der Waals surface area contributed by atoms with E-state index in [0.29, 0.717) is 15.5 Å². The Balaban J connectivity index is 3.11. The number of pyridine rings is 1. The SMILES string of the molecule is COC(=O)c1nc(CBr)ccc1Br. The first-order valence-corrected chi connectivity index (χ1v) is 5.40. The van der Waals surface area contributed by atoms with E-state index < -0.39 is 5.97 Å². The maximum Gasteiger partial charge on any atom is 0.357 e. The lowest BCUT2D eigenvalue weighted by Crippen LogP contribution is -2.06. The van der Waals surface area contributed by atoms with Crippen LogP contribution in [0.2, 0.25) is 0 Å². The molecule has 1 aromatic rings. The number of rotatable bonds is 2. The third kappa shape index (κ3) is 2.51. The lowest BCUT2D eigenvalue weighted by atomic mass is 10.3. The summed E-state index contributed by atoms with van der Waals surface area (Å²) >= 11 is 6.48. The van der Waals surface area contributed by atoms with Gasteiger partial charge in [0.05, 0.1) is 17.3 Å². The number of ether oxygens (including phenoxy) is 1. The third-order valence-electron chi connectivity index (χ3n) is 1.42. The number of halogens is 2. The summed E-state index contributed by atoms with van der Waals surface area (Å²) in [4.78, 5) is 15.3. The van der Waals surface area contributed by atoms with Gasteiger partial charge in [-0.15, -0.1) is 0 Å². The van der Waals surface area contributed by atoms with E-state index >= 15 is 0 Å². The predicted octanol–water partition coefficient (Wildman–Crippen LogP) is 2.53. The first kappa shape index (κ1) is 10.7. The molecule has 0 bridgehead atoms. The highest BCUT2D eigenvalue weighted by Crippen LogP contribution is 2.16. The lowest BCUT2D eigenvalue weighted by Gasteiger charge is -2.02. The van der Waals surface area contributed by atoms with Gasteiger partial charge in [-0.05, 0) is 28.1 Å². The molecule has 0 radical (unpaired) electrons. The maximum atomic E-state index is 11.2. The molecule has 0 N–H and O–H groups in total. The number of esters is 1. The number of hydrogen-bond donors (Lipinski definition) is 0. The van der Waals surface area contributed by atoms with Crippen molar-refractivity contribution in [2.75, 3.05) is 7.11 Å². The van der Waals surface area contributed by atoms with Gasteiger partial charge >= 0.3 is 5.97 Å². The van der Waals surface area contributed by atoms with Gasteiger partial charge in [0.25, 0.3) is 0 Å². The molecule has 3 nitrogen and oxygen atoms in total. The van der Waals surface area contributed by atoms with E-state index in [4.69, 9.17) is 0 Å². The highest BCUT2D eigenvalue weighted by Gasteiger charge is 2.12. The van der Waals surface area contributed by atoms with Crippen molar-refractivity contribution in [3.8, 4) is 0 Å². The van der Waals surface area contributed by atoms with Crippen LogP contribution in [0.1, 0.15) is 16.2 Å². The van der Waals surface area contributed by atoms with E-state index in [1.54, 1.807) is 6.07 Å². The van der Waals surface area contributed by atoms with Gasteiger partial charge in [0.1, 0.15) is 0 Å². The van der Waals surface area contributed by atoms with Gasteiger partial charge in [-0.2, -0.15) is 0 Å². The largest absolute Gasteiger partial charge is 0.464 e. The molecule has 0 aromatic carbocycles. The number of carbonyl (C=O) groups is 1. The summed E-state index contributed by atoms with van der Waals surface area (Å²) in [6, 6.07) is 3.60. The van der Waals surface area contributed by atoms with Crippen molar-refractivity contribution in [1.82, 2.24) is 4.98 Å². The molecule has 1 aromatic heterocycles. The topological polar surface area (TPSA) is 39.2 Å². The molecule has 0 saturated carbocycles. The predicted molar refractivity (Wildman–Crippen MR) is 55.9 cm³/mol. The van der Waals surface area contributed by atoms with Crippen LogP contribution in [-0.2, 0) is 10.1 Å². The van der Waals surface area contributed by atoms with Crippen LogP contribution < -0.4 is 0 Å².